The van der Waals surface area contributed by atoms with Crippen LogP contribution in [0.1, 0.15) is 19.6 Å². The zero-order chi connectivity index (χ0) is 19.8. The Kier molecular flexibility index (Phi) is 4.94. The van der Waals surface area contributed by atoms with Crippen molar-refractivity contribution in [3.63, 3.8) is 0 Å². The number of ether oxygens (including phenoxy) is 1. The molecule has 3 heterocycles. The zero-order valence-corrected chi connectivity index (χ0v) is 17.0. The Morgan fingerprint density at radius 3 is 2.82 bits per heavy atom. The summed E-state index contributed by atoms with van der Waals surface area (Å²) in [6.07, 6.45) is 1.60. The van der Waals surface area contributed by atoms with Gasteiger partial charge < -0.3 is 14.1 Å². The maximum Gasteiger partial charge on any atom is 0.293 e. The van der Waals surface area contributed by atoms with E-state index >= 15 is 0 Å². The molecule has 1 N–H and O–H groups in total. The maximum absolute atomic E-state index is 12.4. The summed E-state index contributed by atoms with van der Waals surface area (Å²) in [6, 6.07) is 9.03. The normalized spacial score (nSPS) is 16.1. The molecule has 0 atom stereocenters. The van der Waals surface area contributed by atoms with E-state index in [0.717, 1.165) is 28.5 Å². The summed E-state index contributed by atoms with van der Waals surface area (Å²) >= 11 is 2.26. The number of nitrogens with one attached hydrogen (secondary N) is 1. The lowest BCUT2D eigenvalue weighted by Crippen LogP contribution is -2.34. The number of thioether (sulfide) groups is 1. The Morgan fingerprint density at radius 1 is 1.29 bits per heavy atom. The second kappa shape index (κ2) is 7.40. The summed E-state index contributed by atoms with van der Waals surface area (Å²) in [7, 11) is 1.61. The number of aromatic nitrogens is 2. The van der Waals surface area contributed by atoms with Crippen molar-refractivity contribution in [3.05, 3.63) is 41.0 Å². The monoisotopic (exact) mass is 415 g/mol. The molecule has 1 aromatic carbocycles. The number of carbonyl (C=O) groups is 2. The van der Waals surface area contributed by atoms with Gasteiger partial charge in [0, 0.05) is 12.1 Å². The SMILES string of the molecule is COc1cccc2nc(Sc3ccc(/C=C4\SC(=O)N(C(C)C)C4=O)o3)[nH]c12. The predicted molar refractivity (Wildman–Crippen MR) is 108 cm³/mol. The summed E-state index contributed by atoms with van der Waals surface area (Å²) < 4.78 is 11.1. The van der Waals surface area contributed by atoms with Crippen molar-refractivity contribution in [2.24, 2.45) is 0 Å². The number of carbonyl (C=O) groups excluding carboxylic acids is 2. The molecule has 28 heavy (non-hydrogen) atoms. The number of fused-ring (bicyclic) bond motifs is 1. The van der Waals surface area contributed by atoms with Gasteiger partial charge in [0.15, 0.2) is 10.2 Å². The van der Waals surface area contributed by atoms with E-state index in [1.165, 1.54) is 16.7 Å². The number of para-hydroxylation sites is 1. The van der Waals surface area contributed by atoms with E-state index in [9.17, 15) is 9.59 Å². The molecule has 2 aromatic heterocycles. The van der Waals surface area contributed by atoms with Gasteiger partial charge in [0.25, 0.3) is 11.1 Å². The molecule has 3 aromatic rings. The number of benzene rings is 1. The van der Waals surface area contributed by atoms with Gasteiger partial charge in [-0.15, -0.1) is 0 Å². The highest BCUT2D eigenvalue weighted by Crippen LogP contribution is 2.35. The van der Waals surface area contributed by atoms with Gasteiger partial charge in [-0.2, -0.15) is 0 Å². The van der Waals surface area contributed by atoms with Gasteiger partial charge in [0.1, 0.15) is 17.0 Å². The highest BCUT2D eigenvalue weighted by atomic mass is 32.2. The number of methoxy groups -OCH3 is 1. The highest BCUT2D eigenvalue weighted by Gasteiger charge is 2.36. The van der Waals surface area contributed by atoms with E-state index in [-0.39, 0.29) is 17.2 Å². The maximum atomic E-state index is 12.4. The second-order valence-electron chi connectivity index (χ2n) is 6.30. The first-order valence-electron chi connectivity index (χ1n) is 8.53. The summed E-state index contributed by atoms with van der Waals surface area (Å²) in [5.74, 6) is 0.934. The molecule has 0 radical (unpaired) electrons. The molecule has 7 nitrogen and oxygen atoms in total. The van der Waals surface area contributed by atoms with E-state index in [2.05, 4.69) is 9.97 Å². The van der Waals surface area contributed by atoms with Crippen LogP contribution in [0.5, 0.6) is 5.75 Å². The van der Waals surface area contributed by atoms with Gasteiger partial charge in [0.2, 0.25) is 0 Å². The highest BCUT2D eigenvalue weighted by molar-refractivity contribution is 8.18. The summed E-state index contributed by atoms with van der Waals surface area (Å²) in [4.78, 5) is 33.7. The molecule has 0 aliphatic carbocycles. The molecule has 1 aliphatic heterocycles. The van der Waals surface area contributed by atoms with Crippen LogP contribution < -0.4 is 4.74 Å². The quantitative estimate of drug-likeness (QED) is 0.601. The molecule has 0 saturated carbocycles. The Morgan fingerprint density at radius 2 is 2.11 bits per heavy atom. The van der Waals surface area contributed by atoms with Crippen molar-refractivity contribution in [1.82, 2.24) is 14.9 Å². The number of nitrogens with zero attached hydrogens (tertiary/aromatic N) is 2. The third-order valence-corrected chi connectivity index (χ3v) is 5.78. The number of imidazole rings is 1. The van der Waals surface area contributed by atoms with E-state index < -0.39 is 0 Å². The van der Waals surface area contributed by atoms with Crippen molar-refractivity contribution in [2.75, 3.05) is 7.11 Å². The van der Waals surface area contributed by atoms with Crippen LogP contribution in [0.15, 0.2) is 49.9 Å². The summed E-state index contributed by atoms with van der Waals surface area (Å²) in [6.45, 7) is 3.62. The average Bonchev–Trinajstić information content (AvgIpc) is 3.33. The van der Waals surface area contributed by atoms with Crippen LogP contribution in [0.2, 0.25) is 0 Å². The first-order chi connectivity index (χ1) is 13.5. The number of hydrogen-bond acceptors (Lipinski definition) is 7. The third-order valence-electron chi connectivity index (χ3n) is 4.09. The lowest BCUT2D eigenvalue weighted by atomic mass is 10.3. The van der Waals surface area contributed by atoms with Gasteiger partial charge in [-0.1, -0.05) is 6.07 Å². The van der Waals surface area contributed by atoms with Gasteiger partial charge in [-0.05, 0) is 61.6 Å². The average molecular weight is 415 g/mol. The molecule has 1 saturated heterocycles. The smallest absolute Gasteiger partial charge is 0.293 e. The summed E-state index contributed by atoms with van der Waals surface area (Å²) in [5, 5.41) is 1.02. The second-order valence-corrected chi connectivity index (χ2v) is 8.29. The van der Waals surface area contributed by atoms with Gasteiger partial charge in [-0.25, -0.2) is 4.98 Å². The van der Waals surface area contributed by atoms with Gasteiger partial charge in [-0.3, -0.25) is 14.5 Å². The molecule has 9 heteroatoms. The number of H-pyrrole nitrogens is 1. The topological polar surface area (TPSA) is 88.4 Å². The number of hydrogen-bond donors (Lipinski definition) is 1. The molecule has 0 unspecified atom stereocenters. The number of imide groups is 1. The zero-order valence-electron chi connectivity index (χ0n) is 15.4. The molecule has 2 amide bonds. The minimum Gasteiger partial charge on any atom is -0.494 e. The number of furan rings is 1. The molecule has 4 rings (SSSR count). The molecule has 144 valence electrons. The summed E-state index contributed by atoms with van der Waals surface area (Å²) in [5.41, 5.74) is 1.62. The van der Waals surface area contributed by atoms with Crippen molar-refractivity contribution in [2.45, 2.75) is 30.1 Å². The van der Waals surface area contributed by atoms with Crippen LogP contribution >= 0.6 is 23.5 Å². The fourth-order valence-corrected chi connectivity index (χ4v) is 4.52. The Balaban J connectivity index is 1.54. The molecule has 1 fully saturated rings. The molecular weight excluding hydrogens is 398 g/mol. The van der Waals surface area contributed by atoms with Crippen LogP contribution in [0.3, 0.4) is 0 Å². The van der Waals surface area contributed by atoms with Crippen LogP contribution in [-0.2, 0) is 4.79 Å². The van der Waals surface area contributed by atoms with Crippen molar-refractivity contribution in [1.29, 1.82) is 0 Å². The van der Waals surface area contributed by atoms with E-state index in [0.29, 0.717) is 20.9 Å². The van der Waals surface area contributed by atoms with Crippen LogP contribution in [-0.4, -0.2) is 39.2 Å². The molecule has 1 aliphatic rings. The van der Waals surface area contributed by atoms with E-state index in [1.807, 2.05) is 32.0 Å². The van der Waals surface area contributed by atoms with E-state index in [1.54, 1.807) is 25.3 Å². The lowest BCUT2D eigenvalue weighted by molar-refractivity contribution is -0.123. The van der Waals surface area contributed by atoms with Crippen molar-refractivity contribution >= 4 is 51.8 Å². The van der Waals surface area contributed by atoms with Gasteiger partial charge in [0.05, 0.1) is 17.5 Å². The predicted octanol–water partition coefficient (Wildman–Crippen LogP) is 4.76. The van der Waals surface area contributed by atoms with Crippen LogP contribution in [0, 0.1) is 0 Å². The molecule has 0 bridgehead atoms. The van der Waals surface area contributed by atoms with Crippen LogP contribution in [0.4, 0.5) is 4.79 Å². The Bertz CT molecular complexity index is 1100. The first kappa shape index (κ1) is 18.7. The van der Waals surface area contributed by atoms with E-state index in [4.69, 9.17) is 9.15 Å². The largest absolute Gasteiger partial charge is 0.494 e. The fourth-order valence-electron chi connectivity index (χ4n) is 2.82. The fraction of sp³-hybridized carbons (Fsp3) is 0.211. The minimum absolute atomic E-state index is 0.175. The minimum atomic E-state index is -0.292. The van der Waals surface area contributed by atoms with Crippen molar-refractivity contribution < 1.29 is 18.7 Å². The molecular formula is C19H17N3O4S2. The lowest BCUT2D eigenvalue weighted by Gasteiger charge is -2.16. The number of aromatic amines is 1. The van der Waals surface area contributed by atoms with Crippen LogP contribution in [0.25, 0.3) is 17.1 Å². The number of amides is 2. The molecule has 0 spiro atoms. The third kappa shape index (κ3) is 3.43. The standard InChI is InChI=1S/C19H17N3O4S2/c1-10(2)22-17(23)14(27-19(22)24)9-11-7-8-15(26-11)28-18-20-12-5-4-6-13(25-3)16(12)21-18/h4-10H,1-3H3,(H,20,21)/b14-9-. The van der Waals surface area contributed by atoms with Gasteiger partial charge >= 0.3 is 0 Å². The Labute approximate surface area is 169 Å². The number of rotatable bonds is 5. The first-order valence-corrected chi connectivity index (χ1v) is 10.2. The Hall–Kier alpha value is -2.65. The van der Waals surface area contributed by atoms with Crippen molar-refractivity contribution in [3.8, 4) is 5.75 Å².